The van der Waals surface area contributed by atoms with Gasteiger partial charge in [0.2, 0.25) is 0 Å². The van der Waals surface area contributed by atoms with E-state index in [1.807, 2.05) is 0 Å². The first kappa shape index (κ1) is 13.6. The van der Waals surface area contributed by atoms with E-state index in [1.165, 1.54) is 16.7 Å². The lowest BCUT2D eigenvalue weighted by Gasteiger charge is -2.39. The van der Waals surface area contributed by atoms with Crippen LogP contribution in [0, 0.1) is 19.3 Å². The maximum Gasteiger partial charge on any atom is 0.191 e. The topological polar surface area (TPSA) is 33.1 Å². The van der Waals surface area contributed by atoms with Crippen LogP contribution in [0.5, 0.6) is 0 Å². The van der Waals surface area contributed by atoms with Crippen LogP contribution in [0.15, 0.2) is 16.6 Å². The van der Waals surface area contributed by atoms with Gasteiger partial charge in [-0.1, -0.05) is 22.9 Å². The Kier molecular flexibility index (Phi) is 3.81. The van der Waals surface area contributed by atoms with Crippen molar-refractivity contribution < 1.29 is 4.74 Å². The van der Waals surface area contributed by atoms with Crippen molar-refractivity contribution in [3.05, 3.63) is 33.3 Å². The molecular formula is C15H20BrNO. The lowest BCUT2D eigenvalue weighted by Crippen LogP contribution is -2.41. The molecule has 1 unspecified atom stereocenters. The number of hydrogen-bond acceptors (Lipinski definition) is 2. The van der Waals surface area contributed by atoms with Crippen molar-refractivity contribution in [1.29, 1.82) is 5.41 Å². The van der Waals surface area contributed by atoms with E-state index in [0.29, 0.717) is 12.5 Å². The highest BCUT2D eigenvalue weighted by atomic mass is 79.9. The van der Waals surface area contributed by atoms with Crippen molar-refractivity contribution in [1.82, 2.24) is 0 Å². The lowest BCUT2D eigenvalue weighted by atomic mass is 9.70. The van der Waals surface area contributed by atoms with Gasteiger partial charge in [-0.25, -0.2) is 0 Å². The van der Waals surface area contributed by atoms with E-state index in [-0.39, 0.29) is 5.41 Å². The van der Waals surface area contributed by atoms with Gasteiger partial charge in [-0.05, 0) is 61.9 Å². The molecule has 1 heterocycles. The Morgan fingerprint density at radius 2 is 1.94 bits per heavy atom. The number of nitrogens with one attached hydrogen (secondary N) is 1. The maximum atomic E-state index is 8.24. The molecule has 1 fully saturated rings. The molecule has 1 atom stereocenters. The van der Waals surface area contributed by atoms with Gasteiger partial charge in [0.25, 0.3) is 0 Å². The third-order valence-electron chi connectivity index (χ3n) is 4.01. The molecule has 0 aliphatic carbocycles. The molecule has 3 heteroatoms. The van der Waals surface area contributed by atoms with Crippen molar-refractivity contribution in [2.24, 2.45) is 0 Å². The Labute approximate surface area is 117 Å². The molecule has 0 radical (unpaired) electrons. The molecule has 0 aromatic heterocycles. The van der Waals surface area contributed by atoms with Crippen molar-refractivity contribution in [2.45, 2.75) is 45.4 Å². The van der Waals surface area contributed by atoms with E-state index in [2.05, 4.69) is 48.8 Å². The van der Waals surface area contributed by atoms with E-state index in [4.69, 9.17) is 10.1 Å². The van der Waals surface area contributed by atoms with Gasteiger partial charge >= 0.3 is 0 Å². The Balaban J connectivity index is 2.60. The summed E-state index contributed by atoms with van der Waals surface area (Å²) in [5, 5.41) is 8.24. The van der Waals surface area contributed by atoms with Crippen molar-refractivity contribution in [3.8, 4) is 0 Å². The van der Waals surface area contributed by atoms with Crippen LogP contribution in [0.1, 0.15) is 42.9 Å². The molecule has 18 heavy (non-hydrogen) atoms. The van der Waals surface area contributed by atoms with Gasteiger partial charge < -0.3 is 4.74 Å². The maximum absolute atomic E-state index is 8.24. The van der Waals surface area contributed by atoms with Crippen LogP contribution in [0.3, 0.4) is 0 Å². The molecule has 0 spiro atoms. The van der Waals surface area contributed by atoms with Crippen LogP contribution >= 0.6 is 15.9 Å². The molecular weight excluding hydrogens is 290 g/mol. The monoisotopic (exact) mass is 309 g/mol. The highest BCUT2D eigenvalue weighted by Gasteiger charge is 2.41. The van der Waals surface area contributed by atoms with Gasteiger partial charge in [-0.15, -0.1) is 0 Å². The number of hydrogen-bond donors (Lipinski definition) is 1. The molecule has 0 bridgehead atoms. The summed E-state index contributed by atoms with van der Waals surface area (Å²) >= 11 is 3.54. The fourth-order valence-electron chi connectivity index (χ4n) is 3.22. The Bertz CT molecular complexity index is 460. The minimum absolute atomic E-state index is 0.215. The first-order valence-electron chi connectivity index (χ1n) is 6.50. The minimum Gasteiger partial charge on any atom is -0.480 e. The van der Waals surface area contributed by atoms with E-state index in [1.54, 1.807) is 0 Å². The summed E-state index contributed by atoms with van der Waals surface area (Å²) in [5.74, 6) is 0.449. The third-order valence-corrected chi connectivity index (χ3v) is 4.47. The third kappa shape index (κ3) is 2.09. The molecule has 1 aromatic carbocycles. The average Bonchev–Trinajstić information content (AvgIpc) is 2.30. The summed E-state index contributed by atoms with van der Waals surface area (Å²) < 4.78 is 6.66. The smallest absolute Gasteiger partial charge is 0.191 e. The van der Waals surface area contributed by atoms with Gasteiger partial charge in [0.1, 0.15) is 0 Å². The molecule has 1 aliphatic heterocycles. The van der Waals surface area contributed by atoms with Crippen LogP contribution in [-0.2, 0) is 10.2 Å². The highest BCUT2D eigenvalue weighted by Crippen LogP contribution is 2.41. The van der Waals surface area contributed by atoms with Crippen LogP contribution in [0.25, 0.3) is 0 Å². The van der Waals surface area contributed by atoms with E-state index in [0.717, 1.165) is 23.7 Å². The molecule has 1 aromatic rings. The summed E-state index contributed by atoms with van der Waals surface area (Å²) in [6, 6.07) is 4.28. The Morgan fingerprint density at radius 3 is 2.44 bits per heavy atom. The second-order valence-corrected chi connectivity index (χ2v) is 6.05. The first-order valence-corrected chi connectivity index (χ1v) is 7.29. The molecule has 1 aliphatic rings. The highest BCUT2D eigenvalue weighted by molar-refractivity contribution is 9.10. The Hall–Kier alpha value is -0.830. The van der Waals surface area contributed by atoms with E-state index >= 15 is 0 Å². The van der Waals surface area contributed by atoms with Crippen molar-refractivity contribution in [3.63, 3.8) is 0 Å². The van der Waals surface area contributed by atoms with Crippen LogP contribution in [-0.4, -0.2) is 12.5 Å². The zero-order valence-electron chi connectivity index (χ0n) is 11.3. The van der Waals surface area contributed by atoms with Crippen LogP contribution in [0.2, 0.25) is 0 Å². The van der Waals surface area contributed by atoms with Gasteiger partial charge in [-0.2, -0.15) is 0 Å². The normalized spacial score (nSPS) is 23.9. The number of rotatable bonds is 2. The molecule has 1 N–H and O–H groups in total. The lowest BCUT2D eigenvalue weighted by molar-refractivity contribution is 0.202. The Morgan fingerprint density at radius 1 is 1.33 bits per heavy atom. The van der Waals surface area contributed by atoms with Crippen molar-refractivity contribution in [2.75, 3.05) is 6.61 Å². The molecule has 0 saturated carbocycles. The number of benzene rings is 1. The largest absolute Gasteiger partial charge is 0.480 e. The fourth-order valence-corrected chi connectivity index (χ4v) is 3.90. The van der Waals surface area contributed by atoms with Crippen molar-refractivity contribution >= 4 is 21.8 Å². The molecule has 2 rings (SSSR count). The summed E-state index contributed by atoms with van der Waals surface area (Å²) in [7, 11) is 0. The summed E-state index contributed by atoms with van der Waals surface area (Å²) in [6.07, 6.45) is 2.98. The van der Waals surface area contributed by atoms with Crippen LogP contribution in [0.4, 0.5) is 0 Å². The number of aryl methyl sites for hydroxylation is 2. The second-order valence-electron chi connectivity index (χ2n) is 5.13. The number of ether oxygens (including phenoxy) is 1. The minimum atomic E-state index is -0.215. The quantitative estimate of drug-likeness (QED) is 0.857. The van der Waals surface area contributed by atoms with Gasteiger partial charge in [0.05, 0.1) is 12.0 Å². The zero-order valence-corrected chi connectivity index (χ0v) is 12.9. The predicted molar refractivity (Wildman–Crippen MR) is 78.5 cm³/mol. The average molecular weight is 310 g/mol. The van der Waals surface area contributed by atoms with Gasteiger partial charge in [-0.3, -0.25) is 5.41 Å². The standard InChI is InChI=1S/C15H20BrNO/c1-4-15(6-5-7-18-14(15)17)13-10(2)8-12(16)9-11(13)3/h8-9,17H,4-7H2,1-3H3. The van der Waals surface area contributed by atoms with E-state index in [9.17, 15) is 0 Å². The summed E-state index contributed by atoms with van der Waals surface area (Å²) in [6.45, 7) is 7.11. The fraction of sp³-hybridized carbons (Fsp3) is 0.533. The predicted octanol–water partition coefficient (Wildman–Crippen LogP) is 4.50. The molecule has 2 nitrogen and oxygen atoms in total. The molecule has 1 saturated heterocycles. The summed E-state index contributed by atoms with van der Waals surface area (Å²) in [4.78, 5) is 0. The van der Waals surface area contributed by atoms with E-state index < -0.39 is 0 Å². The molecule has 0 amide bonds. The number of halogens is 1. The summed E-state index contributed by atoms with van der Waals surface area (Å²) in [5.41, 5.74) is 3.57. The second kappa shape index (κ2) is 5.04. The first-order chi connectivity index (χ1) is 8.51. The SMILES string of the molecule is CCC1(c2c(C)cc(Br)cc2C)CCCOC1=N. The van der Waals surface area contributed by atoms with Crippen LogP contribution < -0.4 is 0 Å². The molecule has 98 valence electrons. The van der Waals surface area contributed by atoms with Gasteiger partial charge in [0, 0.05) is 4.47 Å². The zero-order chi connectivity index (χ0) is 13.3. The van der Waals surface area contributed by atoms with Gasteiger partial charge in [0.15, 0.2) is 5.90 Å².